The fraction of sp³-hybridized carbons (Fsp3) is 0.538. The van der Waals surface area contributed by atoms with Crippen LogP contribution in [-0.2, 0) is 6.42 Å². The first-order chi connectivity index (χ1) is 8.14. The number of ether oxygens (including phenoxy) is 2. The molecule has 1 aliphatic carbocycles. The predicted octanol–water partition coefficient (Wildman–Crippen LogP) is 1.72. The zero-order valence-electron chi connectivity index (χ0n) is 10.2. The topological polar surface area (TPSA) is 58.9 Å². The highest BCUT2D eigenvalue weighted by atomic mass is 16.5. The summed E-state index contributed by atoms with van der Waals surface area (Å²) in [6.07, 6.45) is 2.89. The van der Waals surface area contributed by atoms with Crippen molar-refractivity contribution < 1.29 is 19.7 Å². The third-order valence-corrected chi connectivity index (χ3v) is 3.41. The quantitative estimate of drug-likeness (QED) is 0.820. The lowest BCUT2D eigenvalue weighted by Gasteiger charge is -2.15. The van der Waals surface area contributed by atoms with E-state index in [0.29, 0.717) is 11.5 Å². The number of phenolic OH excluding ortho intramolecular Hbond substituents is 1. The Kier molecular flexibility index (Phi) is 3.15. The van der Waals surface area contributed by atoms with E-state index in [1.165, 1.54) is 14.2 Å². The highest BCUT2D eigenvalue weighted by Gasteiger charge is 2.42. The van der Waals surface area contributed by atoms with E-state index < -0.39 is 0 Å². The number of methoxy groups -OCH3 is 2. The molecule has 0 unspecified atom stereocenters. The maximum atomic E-state index is 9.79. The molecule has 1 saturated carbocycles. The highest BCUT2D eigenvalue weighted by Crippen LogP contribution is 2.49. The lowest BCUT2D eigenvalue weighted by molar-refractivity contribution is 0.211. The minimum absolute atomic E-state index is 0.0209. The van der Waals surface area contributed by atoms with Gasteiger partial charge in [-0.25, -0.2) is 0 Å². The molecule has 0 atom stereocenters. The van der Waals surface area contributed by atoms with Crippen LogP contribution in [0.4, 0.5) is 0 Å². The number of phenols is 1. The van der Waals surface area contributed by atoms with Crippen molar-refractivity contribution in [2.75, 3.05) is 20.8 Å². The van der Waals surface area contributed by atoms with Gasteiger partial charge in [0.25, 0.3) is 0 Å². The van der Waals surface area contributed by atoms with Crippen LogP contribution in [0.15, 0.2) is 12.1 Å². The Hall–Kier alpha value is -1.42. The largest absolute Gasteiger partial charge is 0.502 e. The lowest BCUT2D eigenvalue weighted by atomic mass is 9.97. The van der Waals surface area contributed by atoms with E-state index in [2.05, 4.69) is 0 Å². The zero-order chi connectivity index (χ0) is 12.5. The second-order valence-electron chi connectivity index (χ2n) is 4.68. The first kappa shape index (κ1) is 12.0. The Morgan fingerprint density at radius 1 is 1.18 bits per heavy atom. The molecule has 17 heavy (non-hydrogen) atoms. The summed E-state index contributed by atoms with van der Waals surface area (Å²) in [5.74, 6) is 0.841. The maximum absolute atomic E-state index is 9.79. The average molecular weight is 238 g/mol. The molecule has 4 heteroatoms. The minimum atomic E-state index is 0.0209. The standard InChI is InChI=1S/C13H18O4/c1-16-10-5-9(6-11(17-2)12(10)15)7-13(8-14)3-4-13/h5-6,14-15H,3-4,7-8H2,1-2H3. The van der Waals surface area contributed by atoms with Crippen molar-refractivity contribution in [3.8, 4) is 17.2 Å². The van der Waals surface area contributed by atoms with E-state index >= 15 is 0 Å². The molecule has 0 heterocycles. The predicted molar refractivity (Wildman–Crippen MR) is 63.7 cm³/mol. The second-order valence-corrected chi connectivity index (χ2v) is 4.68. The van der Waals surface area contributed by atoms with Crippen LogP contribution in [0.2, 0.25) is 0 Å². The molecule has 0 aliphatic heterocycles. The van der Waals surface area contributed by atoms with Crippen LogP contribution in [0.3, 0.4) is 0 Å². The molecule has 0 spiro atoms. The highest BCUT2D eigenvalue weighted by molar-refractivity contribution is 5.53. The molecule has 0 radical (unpaired) electrons. The summed E-state index contributed by atoms with van der Waals surface area (Å²) >= 11 is 0. The number of hydrogen-bond donors (Lipinski definition) is 2. The number of aliphatic hydroxyl groups excluding tert-OH is 1. The Morgan fingerprint density at radius 3 is 2.06 bits per heavy atom. The number of aromatic hydroxyl groups is 1. The maximum Gasteiger partial charge on any atom is 0.200 e. The monoisotopic (exact) mass is 238 g/mol. The Balaban J connectivity index is 2.28. The van der Waals surface area contributed by atoms with Crippen LogP contribution in [0.1, 0.15) is 18.4 Å². The van der Waals surface area contributed by atoms with Crippen molar-refractivity contribution in [1.29, 1.82) is 0 Å². The molecule has 0 amide bonds. The molecule has 1 aromatic rings. The van der Waals surface area contributed by atoms with Crippen molar-refractivity contribution >= 4 is 0 Å². The van der Waals surface area contributed by atoms with E-state index in [-0.39, 0.29) is 17.8 Å². The van der Waals surface area contributed by atoms with Crippen LogP contribution in [0.5, 0.6) is 17.2 Å². The number of benzene rings is 1. The average Bonchev–Trinajstić information content (AvgIpc) is 3.11. The van der Waals surface area contributed by atoms with E-state index in [0.717, 1.165) is 24.8 Å². The van der Waals surface area contributed by atoms with E-state index in [4.69, 9.17) is 9.47 Å². The van der Waals surface area contributed by atoms with E-state index in [1.807, 2.05) is 0 Å². The Bertz CT molecular complexity index is 385. The number of rotatable bonds is 5. The van der Waals surface area contributed by atoms with Gasteiger partial charge in [0.05, 0.1) is 14.2 Å². The van der Waals surface area contributed by atoms with Gasteiger partial charge in [-0.1, -0.05) is 0 Å². The Morgan fingerprint density at radius 2 is 1.71 bits per heavy atom. The van der Waals surface area contributed by atoms with Crippen molar-refractivity contribution in [3.63, 3.8) is 0 Å². The summed E-state index contributed by atoms with van der Waals surface area (Å²) in [5.41, 5.74) is 1.05. The third kappa shape index (κ3) is 2.31. The van der Waals surface area contributed by atoms with Crippen LogP contribution in [-0.4, -0.2) is 31.0 Å². The van der Waals surface area contributed by atoms with Crippen LogP contribution < -0.4 is 9.47 Å². The first-order valence-corrected chi connectivity index (χ1v) is 5.69. The molecule has 2 rings (SSSR count). The Labute approximate surface area is 101 Å². The normalized spacial score (nSPS) is 16.6. The molecule has 94 valence electrons. The summed E-state index contributed by atoms with van der Waals surface area (Å²) in [5, 5.41) is 19.1. The van der Waals surface area contributed by atoms with Crippen LogP contribution in [0.25, 0.3) is 0 Å². The number of hydrogen-bond acceptors (Lipinski definition) is 4. The summed E-state index contributed by atoms with van der Waals surface area (Å²) in [6.45, 7) is 0.207. The van der Waals surface area contributed by atoms with E-state index in [1.54, 1.807) is 12.1 Å². The molecule has 0 saturated heterocycles. The van der Waals surface area contributed by atoms with Gasteiger partial charge >= 0.3 is 0 Å². The molecule has 0 aromatic heterocycles. The van der Waals surface area contributed by atoms with Crippen LogP contribution >= 0.6 is 0 Å². The summed E-state index contributed by atoms with van der Waals surface area (Å²) < 4.78 is 10.2. The molecular formula is C13H18O4. The van der Waals surface area contributed by atoms with Crippen molar-refractivity contribution in [2.24, 2.45) is 5.41 Å². The summed E-state index contributed by atoms with van der Waals surface area (Å²) in [7, 11) is 3.02. The van der Waals surface area contributed by atoms with Gasteiger partial charge in [0.2, 0.25) is 5.75 Å². The van der Waals surface area contributed by atoms with Gasteiger partial charge in [0, 0.05) is 6.61 Å². The van der Waals surface area contributed by atoms with Gasteiger partial charge in [-0.2, -0.15) is 0 Å². The van der Waals surface area contributed by atoms with E-state index in [9.17, 15) is 10.2 Å². The van der Waals surface area contributed by atoms with Crippen molar-refractivity contribution in [1.82, 2.24) is 0 Å². The molecule has 0 bridgehead atoms. The molecule has 1 fully saturated rings. The lowest BCUT2D eigenvalue weighted by Crippen LogP contribution is -2.10. The van der Waals surface area contributed by atoms with Crippen molar-refractivity contribution in [3.05, 3.63) is 17.7 Å². The van der Waals surface area contributed by atoms with Gasteiger partial charge in [0.1, 0.15) is 0 Å². The number of aliphatic hydroxyl groups is 1. The first-order valence-electron chi connectivity index (χ1n) is 5.69. The van der Waals surface area contributed by atoms with Gasteiger partial charge in [-0.3, -0.25) is 0 Å². The molecule has 1 aliphatic rings. The van der Waals surface area contributed by atoms with Gasteiger partial charge in [0.15, 0.2) is 11.5 Å². The van der Waals surface area contributed by atoms with Gasteiger partial charge < -0.3 is 19.7 Å². The van der Waals surface area contributed by atoms with Gasteiger partial charge in [-0.15, -0.1) is 0 Å². The molecular weight excluding hydrogens is 220 g/mol. The smallest absolute Gasteiger partial charge is 0.200 e. The van der Waals surface area contributed by atoms with Crippen LogP contribution in [0, 0.1) is 5.41 Å². The third-order valence-electron chi connectivity index (χ3n) is 3.41. The fourth-order valence-electron chi connectivity index (χ4n) is 2.05. The minimum Gasteiger partial charge on any atom is -0.502 e. The van der Waals surface area contributed by atoms with Crippen molar-refractivity contribution in [2.45, 2.75) is 19.3 Å². The van der Waals surface area contributed by atoms with Gasteiger partial charge in [-0.05, 0) is 42.4 Å². The SMILES string of the molecule is COc1cc(CC2(CO)CC2)cc(OC)c1O. The molecule has 1 aromatic carbocycles. The molecule has 4 nitrogen and oxygen atoms in total. The zero-order valence-corrected chi connectivity index (χ0v) is 10.2. The summed E-state index contributed by atoms with van der Waals surface area (Å²) in [6, 6.07) is 3.60. The second kappa shape index (κ2) is 4.45. The summed E-state index contributed by atoms with van der Waals surface area (Å²) in [4.78, 5) is 0. The fourth-order valence-corrected chi connectivity index (χ4v) is 2.05. The molecule has 2 N–H and O–H groups in total.